The maximum Gasteiger partial charge on any atom is 0.328 e. The second-order valence-corrected chi connectivity index (χ2v) is 22.1. The van der Waals surface area contributed by atoms with Crippen molar-refractivity contribution in [3.8, 4) is 0 Å². The largest absolute Gasteiger partial charge is 0.481 e. The van der Waals surface area contributed by atoms with E-state index >= 15 is 0 Å². The number of carboxylic acids is 2. The quantitative estimate of drug-likeness (QED) is 0.0282. The minimum absolute atomic E-state index is 0.0597. The van der Waals surface area contributed by atoms with E-state index < -0.39 is 128 Å². The molecule has 0 aliphatic carbocycles. The molecule has 0 aromatic rings. The topological polar surface area (TPSA) is 368 Å². The number of hydrogen-bond donors (Lipinski definition) is 11. The van der Waals surface area contributed by atoms with Crippen LogP contribution in [-0.2, 0) is 57.4 Å². The molecule has 0 radical (unpaired) electrons. The molecule has 6 amide bonds. The Bertz CT molecular complexity index is 1810. The Morgan fingerprint density at radius 3 is 1.31 bits per heavy atom. The van der Waals surface area contributed by atoms with Gasteiger partial charge in [0.05, 0.1) is 37.9 Å². The maximum atomic E-state index is 13.1. The summed E-state index contributed by atoms with van der Waals surface area (Å²) in [7, 11) is 0. The molecule has 0 unspecified atom stereocenters. The van der Waals surface area contributed by atoms with Crippen molar-refractivity contribution in [3.05, 3.63) is 0 Å². The highest BCUT2D eigenvalue weighted by atomic mass is 32.2. The zero-order valence-corrected chi connectivity index (χ0v) is 50.0. The second-order valence-electron chi connectivity index (χ2n) is 21.0. The number of esters is 2. The molecule has 0 fully saturated rings. The molecular formula is C57H103N7O16S. The number of aliphatic hydroxyl groups is 2. The summed E-state index contributed by atoms with van der Waals surface area (Å²) >= 11 is 1.21. The lowest BCUT2D eigenvalue weighted by molar-refractivity contribution is -0.157. The first-order valence-electron chi connectivity index (χ1n) is 29.9. The standard InChI is InChI=1S/C57H103N7O16S/c1-5-7-9-11-13-15-17-19-21-23-25-27-29-31-50(72)79-38-43(80-51(73)32-30-28-26-24-22-20-18-16-14-12-10-8-6-2)39-81-40-44(58)54(74)61-36-47(68)59-35-46(67)60-37-48(69)62-45(33-34-49(70)71)55(75)63-52(41(3)65)56(76)64-53(42(4)66)57(77)78/h41-45,52-53,65-66H,5-40,58H2,1-4H3,(H,59,68)(H,60,67)(H,61,74)(H,62,69)(H,63,75)(H,64,76)(H,70,71)(H,77,78)/t41-,42-,43-,44-,45+,52+,53+/m1/s1. The number of carbonyl (C=O) groups excluding carboxylic acids is 8. The molecule has 81 heavy (non-hydrogen) atoms. The van der Waals surface area contributed by atoms with Crippen LogP contribution in [0.5, 0.6) is 0 Å². The summed E-state index contributed by atoms with van der Waals surface area (Å²) in [6, 6.07) is -6.31. The van der Waals surface area contributed by atoms with Crippen molar-refractivity contribution in [2.75, 3.05) is 37.7 Å². The van der Waals surface area contributed by atoms with E-state index in [1.165, 1.54) is 127 Å². The van der Waals surface area contributed by atoms with Crippen LogP contribution >= 0.6 is 11.8 Å². The number of amides is 6. The van der Waals surface area contributed by atoms with Gasteiger partial charge in [-0.05, 0) is 33.1 Å². The maximum absolute atomic E-state index is 13.1. The fourth-order valence-corrected chi connectivity index (χ4v) is 9.42. The number of ether oxygens (including phenoxy) is 2. The number of unbranched alkanes of at least 4 members (excludes halogenated alkanes) is 24. The zero-order valence-electron chi connectivity index (χ0n) is 49.2. The first-order valence-corrected chi connectivity index (χ1v) is 31.1. The smallest absolute Gasteiger partial charge is 0.328 e. The molecule has 0 heterocycles. The van der Waals surface area contributed by atoms with Crippen LogP contribution in [0.1, 0.15) is 220 Å². The molecule has 0 aliphatic rings. The molecule has 24 heteroatoms. The minimum Gasteiger partial charge on any atom is -0.481 e. The molecule has 0 saturated carbocycles. The number of aliphatic hydroxyl groups excluding tert-OH is 2. The van der Waals surface area contributed by atoms with E-state index in [1.807, 2.05) is 5.32 Å². The van der Waals surface area contributed by atoms with E-state index in [0.29, 0.717) is 12.8 Å². The number of nitrogens with one attached hydrogen (secondary N) is 6. The van der Waals surface area contributed by atoms with Crippen LogP contribution in [0, 0.1) is 0 Å². The Morgan fingerprint density at radius 1 is 0.469 bits per heavy atom. The Balaban J connectivity index is 5.04. The first kappa shape index (κ1) is 75.9. The number of nitrogens with two attached hydrogens (primary N) is 1. The normalized spacial score (nSPS) is 13.7. The Morgan fingerprint density at radius 2 is 0.877 bits per heavy atom. The molecule has 7 atom stereocenters. The second kappa shape index (κ2) is 49.5. The molecule has 0 aromatic carbocycles. The number of hydrogen-bond acceptors (Lipinski definition) is 16. The van der Waals surface area contributed by atoms with Gasteiger partial charge in [0.2, 0.25) is 35.4 Å². The van der Waals surface area contributed by atoms with Crippen molar-refractivity contribution in [2.45, 2.75) is 263 Å². The number of aliphatic carboxylic acids is 2. The number of rotatable bonds is 53. The van der Waals surface area contributed by atoms with Crippen LogP contribution in [-0.4, -0.2) is 160 Å². The Hall–Kier alpha value is -5.07. The van der Waals surface area contributed by atoms with Gasteiger partial charge < -0.3 is 67.5 Å². The highest BCUT2D eigenvalue weighted by Gasteiger charge is 2.34. The van der Waals surface area contributed by atoms with Crippen LogP contribution in [0.2, 0.25) is 0 Å². The summed E-state index contributed by atoms with van der Waals surface area (Å²) in [4.78, 5) is 125. The summed E-state index contributed by atoms with van der Waals surface area (Å²) in [6.45, 7) is 4.51. The predicted octanol–water partition coefficient (Wildman–Crippen LogP) is 4.98. The van der Waals surface area contributed by atoms with Gasteiger partial charge in [0.15, 0.2) is 6.04 Å². The van der Waals surface area contributed by atoms with Gasteiger partial charge in [-0.3, -0.25) is 43.2 Å². The third kappa shape index (κ3) is 43.3. The number of carboxylic acid groups (broad SMARTS) is 2. The SMILES string of the molecule is CCCCCCCCCCCCCCCC(=O)OC[C@H](CSC[C@@H](N)C(=O)NCC(=O)NCC(=O)NCC(=O)N[C@@H](CCC(=O)O)C(=O)N[C@H](C(=O)N[C@H](C(=O)O)[C@@H](C)O)[C@@H](C)O)OC(=O)CCCCCCCCCCCCCCC. The summed E-state index contributed by atoms with van der Waals surface area (Å²) in [5.41, 5.74) is 6.11. The van der Waals surface area contributed by atoms with Crippen LogP contribution < -0.4 is 37.6 Å². The molecule has 0 aliphatic heterocycles. The Kier molecular flexibility index (Phi) is 46.4. The van der Waals surface area contributed by atoms with Gasteiger partial charge in [0, 0.05) is 30.8 Å². The molecular weight excluding hydrogens is 1070 g/mol. The van der Waals surface area contributed by atoms with Gasteiger partial charge in [-0.2, -0.15) is 11.8 Å². The fraction of sp³-hybridized carbons (Fsp3) is 0.825. The minimum atomic E-state index is -1.80. The first-order chi connectivity index (χ1) is 38.7. The third-order valence-corrected chi connectivity index (χ3v) is 14.6. The van der Waals surface area contributed by atoms with Crippen molar-refractivity contribution in [3.63, 3.8) is 0 Å². The van der Waals surface area contributed by atoms with Crippen LogP contribution in [0.25, 0.3) is 0 Å². The monoisotopic (exact) mass is 1170 g/mol. The zero-order chi connectivity index (χ0) is 60.6. The van der Waals surface area contributed by atoms with Crippen molar-refractivity contribution < 1.29 is 77.8 Å². The van der Waals surface area contributed by atoms with Crippen molar-refractivity contribution >= 4 is 71.1 Å². The van der Waals surface area contributed by atoms with Crippen LogP contribution in [0.3, 0.4) is 0 Å². The molecule has 0 spiro atoms. The molecule has 0 rings (SSSR count). The van der Waals surface area contributed by atoms with Crippen molar-refractivity contribution in [1.29, 1.82) is 0 Å². The highest BCUT2D eigenvalue weighted by Crippen LogP contribution is 2.17. The summed E-state index contributed by atoms with van der Waals surface area (Å²) < 4.78 is 11.3. The Labute approximate surface area is 485 Å². The lowest BCUT2D eigenvalue weighted by Gasteiger charge is -2.26. The molecule has 0 saturated heterocycles. The van der Waals surface area contributed by atoms with Gasteiger partial charge in [-0.15, -0.1) is 0 Å². The van der Waals surface area contributed by atoms with E-state index in [0.717, 1.165) is 52.4 Å². The van der Waals surface area contributed by atoms with Gasteiger partial charge in [0.25, 0.3) is 0 Å². The summed E-state index contributed by atoms with van der Waals surface area (Å²) in [6.07, 6.45) is 26.0. The lowest BCUT2D eigenvalue weighted by atomic mass is 10.0. The molecule has 468 valence electrons. The number of thioether (sulfide) groups is 1. The van der Waals surface area contributed by atoms with Gasteiger partial charge in [-0.1, -0.05) is 168 Å². The predicted molar refractivity (Wildman–Crippen MR) is 309 cm³/mol. The van der Waals surface area contributed by atoms with Gasteiger partial charge in [0.1, 0.15) is 24.8 Å². The van der Waals surface area contributed by atoms with Crippen LogP contribution in [0.15, 0.2) is 0 Å². The van der Waals surface area contributed by atoms with Gasteiger partial charge in [-0.25, -0.2) is 4.79 Å². The highest BCUT2D eigenvalue weighted by molar-refractivity contribution is 7.99. The summed E-state index contributed by atoms with van der Waals surface area (Å²) in [5.74, 6) is -9.16. The third-order valence-electron chi connectivity index (χ3n) is 13.4. The van der Waals surface area contributed by atoms with Crippen LogP contribution in [0.4, 0.5) is 0 Å². The average Bonchev–Trinajstić information content (AvgIpc) is 3.42. The van der Waals surface area contributed by atoms with E-state index in [2.05, 4.69) is 40.4 Å². The van der Waals surface area contributed by atoms with Gasteiger partial charge >= 0.3 is 23.9 Å². The number of carbonyl (C=O) groups is 10. The molecule has 0 aromatic heterocycles. The van der Waals surface area contributed by atoms with E-state index in [1.54, 1.807) is 0 Å². The lowest BCUT2D eigenvalue weighted by Crippen LogP contribution is -2.60. The molecule has 0 bridgehead atoms. The summed E-state index contributed by atoms with van der Waals surface area (Å²) in [5, 5.41) is 51.5. The molecule has 12 N–H and O–H groups in total. The van der Waals surface area contributed by atoms with Crippen molar-refractivity contribution in [2.24, 2.45) is 5.73 Å². The van der Waals surface area contributed by atoms with E-state index in [9.17, 15) is 68.4 Å². The average molecular weight is 1170 g/mol. The van der Waals surface area contributed by atoms with E-state index in [-0.39, 0.29) is 36.9 Å². The van der Waals surface area contributed by atoms with E-state index in [4.69, 9.17) is 15.2 Å². The molecule has 23 nitrogen and oxygen atoms in total. The fourth-order valence-electron chi connectivity index (χ4n) is 8.45. The van der Waals surface area contributed by atoms with Crippen molar-refractivity contribution in [1.82, 2.24) is 31.9 Å².